The van der Waals surface area contributed by atoms with E-state index in [1.165, 1.54) is 19.3 Å². The number of ether oxygens (including phenoxy) is 1. The second-order valence-electron chi connectivity index (χ2n) is 12.3. The maximum Gasteiger partial charge on any atom is 0.407 e. The fourth-order valence-electron chi connectivity index (χ4n) is 8.96. The lowest BCUT2D eigenvalue weighted by atomic mass is 9.44. The Morgan fingerprint density at radius 3 is 2.38 bits per heavy atom. The van der Waals surface area contributed by atoms with Gasteiger partial charge >= 0.3 is 12.1 Å². The third-order valence-corrected chi connectivity index (χ3v) is 11.0. The third-order valence-electron chi connectivity index (χ3n) is 11.0. The molecule has 0 aromatic carbocycles. The first kappa shape index (κ1) is 25.8. The number of amides is 1. The molecule has 4 saturated carbocycles. The van der Waals surface area contributed by atoms with Crippen LogP contribution in [0.4, 0.5) is 4.79 Å². The van der Waals surface area contributed by atoms with Crippen molar-refractivity contribution in [2.24, 2.45) is 40.4 Å². The molecule has 8 atom stereocenters. The van der Waals surface area contributed by atoms with Gasteiger partial charge in [-0.05, 0) is 118 Å². The first-order chi connectivity index (χ1) is 16.2. The van der Waals surface area contributed by atoms with Gasteiger partial charge in [-0.2, -0.15) is 0 Å². The molecule has 0 aromatic heterocycles. The highest BCUT2D eigenvalue weighted by molar-refractivity contribution is 5.71. The molecule has 4 fully saturated rings. The number of carboxylic acid groups (broad SMARTS) is 1. The number of alkyl carbamates (subject to hydrolysis) is 1. The van der Waals surface area contributed by atoms with Gasteiger partial charge in [0.15, 0.2) is 0 Å². The molecule has 2 N–H and O–H groups in total. The summed E-state index contributed by atoms with van der Waals surface area (Å²) in [4.78, 5) is 26.7. The van der Waals surface area contributed by atoms with E-state index in [0.717, 1.165) is 64.6 Å². The number of carboxylic acids is 1. The van der Waals surface area contributed by atoms with E-state index >= 15 is 0 Å². The van der Waals surface area contributed by atoms with Crippen LogP contribution in [0.5, 0.6) is 0 Å². The van der Waals surface area contributed by atoms with Gasteiger partial charge in [-0.3, -0.25) is 4.79 Å². The second-order valence-corrected chi connectivity index (χ2v) is 12.3. The molecule has 6 heteroatoms. The summed E-state index contributed by atoms with van der Waals surface area (Å²) in [5, 5.41) is 12.8. The van der Waals surface area contributed by atoms with Gasteiger partial charge in [0.05, 0.1) is 5.92 Å². The Morgan fingerprint density at radius 2 is 1.68 bits per heavy atom. The normalized spacial score (nSPS) is 41.3. The summed E-state index contributed by atoms with van der Waals surface area (Å²) in [5.41, 5.74) is 0.297. The second kappa shape index (κ2) is 10.4. The Labute approximate surface area is 206 Å². The van der Waals surface area contributed by atoms with E-state index in [0.29, 0.717) is 35.6 Å². The number of nitrogens with one attached hydrogen (secondary N) is 1. The lowest BCUT2D eigenvalue weighted by Gasteiger charge is -2.60. The average Bonchev–Trinajstić information content (AvgIpc) is 3.17. The van der Waals surface area contributed by atoms with Crippen LogP contribution in [0.25, 0.3) is 0 Å². The molecule has 194 valence electrons. The molecule has 0 heterocycles. The van der Waals surface area contributed by atoms with E-state index in [4.69, 9.17) is 4.74 Å². The number of hydrogen-bond donors (Lipinski definition) is 2. The maximum atomic E-state index is 12.4. The summed E-state index contributed by atoms with van der Waals surface area (Å²) in [6, 6.07) is 0. The van der Waals surface area contributed by atoms with Crippen LogP contribution >= 0.6 is 0 Å². The SMILES string of the molecule is CCN(CC)CCCNC(=O)OC1CC[C@@]2(C)C(CC[C@@H]3[C@@H]2CC[C@]2(C)C(C(=O)O)CC[C@@H]32)C1. The van der Waals surface area contributed by atoms with Crippen LogP contribution in [-0.4, -0.2) is 54.4 Å². The van der Waals surface area contributed by atoms with Gasteiger partial charge in [-0.1, -0.05) is 27.7 Å². The molecule has 4 aliphatic rings. The zero-order valence-corrected chi connectivity index (χ0v) is 22.0. The van der Waals surface area contributed by atoms with Crippen molar-refractivity contribution in [3.63, 3.8) is 0 Å². The van der Waals surface area contributed by atoms with Gasteiger partial charge in [0, 0.05) is 6.54 Å². The highest BCUT2D eigenvalue weighted by Crippen LogP contribution is 2.67. The Balaban J connectivity index is 1.29. The molecule has 34 heavy (non-hydrogen) atoms. The zero-order chi connectivity index (χ0) is 24.5. The van der Waals surface area contributed by atoms with E-state index in [9.17, 15) is 14.7 Å². The van der Waals surface area contributed by atoms with E-state index in [1.807, 2.05) is 0 Å². The lowest BCUT2D eigenvalue weighted by Crippen LogP contribution is -2.54. The van der Waals surface area contributed by atoms with E-state index in [-0.39, 0.29) is 23.5 Å². The van der Waals surface area contributed by atoms with Crippen molar-refractivity contribution in [2.45, 2.75) is 98.0 Å². The van der Waals surface area contributed by atoms with E-state index in [1.54, 1.807) is 0 Å². The van der Waals surface area contributed by atoms with Crippen LogP contribution in [0.1, 0.15) is 91.9 Å². The monoisotopic (exact) mass is 476 g/mol. The lowest BCUT2D eigenvalue weighted by molar-refractivity contribution is -0.154. The molecule has 4 aliphatic carbocycles. The fraction of sp³-hybridized carbons (Fsp3) is 0.929. The van der Waals surface area contributed by atoms with Crippen molar-refractivity contribution in [1.82, 2.24) is 10.2 Å². The molecule has 6 nitrogen and oxygen atoms in total. The molecule has 0 aromatic rings. The van der Waals surface area contributed by atoms with Crippen LogP contribution in [0.15, 0.2) is 0 Å². The minimum atomic E-state index is -0.577. The topological polar surface area (TPSA) is 78.9 Å². The Kier molecular flexibility index (Phi) is 7.86. The largest absolute Gasteiger partial charge is 0.481 e. The highest BCUT2D eigenvalue weighted by atomic mass is 16.6. The van der Waals surface area contributed by atoms with Gasteiger partial charge in [0.1, 0.15) is 6.10 Å². The number of rotatable bonds is 8. The minimum absolute atomic E-state index is 0.0140. The number of fused-ring (bicyclic) bond motifs is 5. The smallest absolute Gasteiger partial charge is 0.407 e. The van der Waals surface area contributed by atoms with Crippen molar-refractivity contribution in [3.8, 4) is 0 Å². The van der Waals surface area contributed by atoms with E-state index < -0.39 is 5.97 Å². The molecule has 0 radical (unpaired) electrons. The number of carbonyl (C=O) groups excluding carboxylic acids is 1. The molecule has 3 unspecified atom stereocenters. The zero-order valence-electron chi connectivity index (χ0n) is 22.0. The molecule has 0 spiro atoms. The summed E-state index contributed by atoms with van der Waals surface area (Å²) in [7, 11) is 0. The molecule has 0 aliphatic heterocycles. The highest BCUT2D eigenvalue weighted by Gasteiger charge is 2.61. The molecule has 0 bridgehead atoms. The first-order valence-electron chi connectivity index (χ1n) is 14.1. The van der Waals surface area contributed by atoms with Crippen molar-refractivity contribution < 1.29 is 19.4 Å². The summed E-state index contributed by atoms with van der Waals surface area (Å²) in [6.45, 7) is 12.9. The third kappa shape index (κ3) is 4.73. The Hall–Kier alpha value is -1.30. The van der Waals surface area contributed by atoms with Crippen molar-refractivity contribution in [3.05, 3.63) is 0 Å². The predicted molar refractivity (Wildman–Crippen MR) is 134 cm³/mol. The predicted octanol–water partition coefficient (Wildman–Crippen LogP) is 5.56. The molecule has 4 rings (SSSR count). The van der Waals surface area contributed by atoms with Gasteiger partial charge in [-0.15, -0.1) is 0 Å². The Morgan fingerprint density at radius 1 is 0.971 bits per heavy atom. The number of nitrogens with zero attached hydrogens (tertiary/aromatic N) is 1. The molecular formula is C28H48N2O4. The molecular weight excluding hydrogens is 428 g/mol. The quantitative estimate of drug-likeness (QED) is 0.449. The van der Waals surface area contributed by atoms with E-state index in [2.05, 4.69) is 37.9 Å². The van der Waals surface area contributed by atoms with Crippen LogP contribution in [0, 0.1) is 40.4 Å². The van der Waals surface area contributed by atoms with Crippen molar-refractivity contribution in [2.75, 3.05) is 26.2 Å². The minimum Gasteiger partial charge on any atom is -0.481 e. The van der Waals surface area contributed by atoms with Gasteiger partial charge < -0.3 is 20.1 Å². The molecule has 0 saturated heterocycles. The number of aliphatic carboxylic acids is 1. The van der Waals surface area contributed by atoms with Crippen LogP contribution in [0.2, 0.25) is 0 Å². The average molecular weight is 477 g/mol. The maximum absolute atomic E-state index is 12.4. The van der Waals surface area contributed by atoms with Crippen LogP contribution < -0.4 is 5.32 Å². The fourth-order valence-corrected chi connectivity index (χ4v) is 8.96. The first-order valence-corrected chi connectivity index (χ1v) is 14.1. The standard InChI is InChI=1S/C28H48N2O4/c1-5-30(6-2)17-7-16-29-26(33)34-20-12-14-27(3)19(18-20)8-9-21-22-10-11-24(25(31)32)28(22,4)15-13-23(21)27/h19-24H,5-18H2,1-4H3,(H,29,33)(H,31,32)/t19?,20?,21-,22-,23-,24?,27-,28-/m0/s1. The Bertz CT molecular complexity index is 740. The summed E-state index contributed by atoms with van der Waals surface area (Å²) in [5.74, 6) is 1.83. The van der Waals surface area contributed by atoms with Crippen LogP contribution in [-0.2, 0) is 9.53 Å². The summed E-state index contributed by atoms with van der Waals surface area (Å²) < 4.78 is 5.88. The molecule has 1 amide bonds. The van der Waals surface area contributed by atoms with Gasteiger partial charge in [0.2, 0.25) is 0 Å². The van der Waals surface area contributed by atoms with Gasteiger partial charge in [-0.25, -0.2) is 4.79 Å². The summed E-state index contributed by atoms with van der Waals surface area (Å²) >= 11 is 0. The van der Waals surface area contributed by atoms with Gasteiger partial charge in [0.25, 0.3) is 0 Å². The van der Waals surface area contributed by atoms with Crippen LogP contribution in [0.3, 0.4) is 0 Å². The number of hydrogen-bond acceptors (Lipinski definition) is 4. The summed E-state index contributed by atoms with van der Waals surface area (Å²) in [6.07, 6.45) is 10.4. The number of carbonyl (C=O) groups is 2. The van der Waals surface area contributed by atoms with Crippen molar-refractivity contribution in [1.29, 1.82) is 0 Å². The van der Waals surface area contributed by atoms with Crippen molar-refractivity contribution >= 4 is 12.1 Å².